The van der Waals surface area contributed by atoms with Gasteiger partial charge in [0.15, 0.2) is 0 Å². The molecule has 12 heavy (non-hydrogen) atoms. The summed E-state index contributed by atoms with van der Waals surface area (Å²) < 4.78 is 0. The Morgan fingerprint density at radius 2 is 2.25 bits per heavy atom. The predicted octanol–water partition coefficient (Wildman–Crippen LogP) is 0.160. The maximum absolute atomic E-state index is 10.4. The highest BCUT2D eigenvalue weighted by molar-refractivity contribution is 7.10. The molecular weight excluding hydrogens is 176 g/mol. The molecule has 0 spiro atoms. The molecule has 1 aromatic heterocycles. The molecule has 2 atom stereocenters. The summed E-state index contributed by atoms with van der Waals surface area (Å²) in [5.41, 5.74) is 10.9. The highest BCUT2D eigenvalue weighted by atomic mass is 32.1. The molecule has 1 rings (SSSR count). The van der Waals surface area contributed by atoms with Crippen LogP contribution in [0.1, 0.15) is 10.9 Å². The third kappa shape index (κ3) is 1.82. The molecule has 0 amide bonds. The van der Waals surface area contributed by atoms with Crippen LogP contribution in [-0.4, -0.2) is 17.1 Å². The molecule has 66 valence electrons. The zero-order valence-electron chi connectivity index (χ0n) is 6.31. The second kappa shape index (κ2) is 3.66. The molecule has 0 aliphatic rings. The van der Waals surface area contributed by atoms with E-state index in [2.05, 4.69) is 0 Å². The van der Waals surface area contributed by atoms with Crippen molar-refractivity contribution in [1.82, 2.24) is 0 Å². The van der Waals surface area contributed by atoms with Crippen LogP contribution in [0.3, 0.4) is 0 Å². The fraction of sp³-hybridized carbons (Fsp3) is 0.286. The largest absolute Gasteiger partial charge is 0.480 e. The van der Waals surface area contributed by atoms with Gasteiger partial charge in [-0.05, 0) is 11.4 Å². The van der Waals surface area contributed by atoms with Crippen LogP contribution in [0.5, 0.6) is 0 Å². The molecule has 0 aromatic carbocycles. The highest BCUT2D eigenvalue weighted by Crippen LogP contribution is 2.18. The van der Waals surface area contributed by atoms with Crippen molar-refractivity contribution in [2.75, 3.05) is 0 Å². The van der Waals surface area contributed by atoms with Crippen LogP contribution in [0, 0.1) is 0 Å². The molecule has 0 aliphatic heterocycles. The van der Waals surface area contributed by atoms with Crippen LogP contribution in [0.15, 0.2) is 17.5 Å². The number of nitrogens with two attached hydrogens (primary N) is 2. The van der Waals surface area contributed by atoms with E-state index in [-0.39, 0.29) is 0 Å². The summed E-state index contributed by atoms with van der Waals surface area (Å²) in [4.78, 5) is 11.2. The van der Waals surface area contributed by atoms with Gasteiger partial charge in [0.25, 0.3) is 0 Å². The van der Waals surface area contributed by atoms with Crippen molar-refractivity contribution < 1.29 is 9.90 Å². The second-order valence-electron chi connectivity index (χ2n) is 2.41. The quantitative estimate of drug-likeness (QED) is 0.627. The molecule has 0 saturated carbocycles. The van der Waals surface area contributed by atoms with Crippen molar-refractivity contribution in [3.8, 4) is 0 Å². The number of aliphatic carboxylic acids is 1. The molecule has 2 unspecified atom stereocenters. The molecule has 4 nitrogen and oxygen atoms in total. The van der Waals surface area contributed by atoms with Gasteiger partial charge < -0.3 is 16.6 Å². The Balaban J connectivity index is 2.71. The van der Waals surface area contributed by atoms with Gasteiger partial charge in [-0.1, -0.05) is 6.07 Å². The lowest BCUT2D eigenvalue weighted by molar-refractivity contribution is -0.139. The smallest absolute Gasteiger partial charge is 0.322 e. The molecule has 0 fully saturated rings. The second-order valence-corrected chi connectivity index (χ2v) is 3.38. The van der Waals surface area contributed by atoms with E-state index in [1.807, 2.05) is 11.4 Å². The van der Waals surface area contributed by atoms with Crippen LogP contribution >= 0.6 is 11.3 Å². The zero-order chi connectivity index (χ0) is 9.14. The zero-order valence-corrected chi connectivity index (χ0v) is 7.12. The van der Waals surface area contributed by atoms with Crippen molar-refractivity contribution in [3.63, 3.8) is 0 Å². The number of carbonyl (C=O) groups is 1. The average Bonchev–Trinajstić information content (AvgIpc) is 2.53. The first-order valence-electron chi connectivity index (χ1n) is 3.40. The maximum Gasteiger partial charge on any atom is 0.322 e. The minimum absolute atomic E-state index is 0.609. The van der Waals surface area contributed by atoms with Crippen molar-refractivity contribution >= 4 is 17.3 Å². The lowest BCUT2D eigenvalue weighted by atomic mass is 10.1. The van der Waals surface area contributed by atoms with E-state index in [9.17, 15) is 4.79 Å². The van der Waals surface area contributed by atoms with Gasteiger partial charge >= 0.3 is 5.97 Å². The Morgan fingerprint density at radius 3 is 2.67 bits per heavy atom. The minimum Gasteiger partial charge on any atom is -0.480 e. The van der Waals surface area contributed by atoms with Gasteiger partial charge in [-0.25, -0.2) is 0 Å². The van der Waals surface area contributed by atoms with Crippen molar-refractivity contribution in [2.24, 2.45) is 11.5 Å². The topological polar surface area (TPSA) is 89.3 Å². The van der Waals surface area contributed by atoms with Gasteiger partial charge in [0, 0.05) is 4.88 Å². The molecule has 1 heterocycles. The standard InChI is InChI=1S/C7H10N2O2S/c8-5(6(9)7(10)11)4-2-1-3-12-4/h1-3,5-6H,8-9H2,(H,10,11). The fourth-order valence-electron chi connectivity index (χ4n) is 0.812. The fourth-order valence-corrected chi connectivity index (χ4v) is 1.59. The number of carboxylic acids is 1. The predicted molar refractivity (Wildman–Crippen MR) is 46.9 cm³/mol. The summed E-state index contributed by atoms with van der Waals surface area (Å²) in [5, 5.41) is 10.4. The van der Waals surface area contributed by atoms with Gasteiger partial charge in [-0.3, -0.25) is 4.79 Å². The summed E-state index contributed by atoms with van der Waals surface area (Å²) in [6, 6.07) is 1.96. The van der Waals surface area contributed by atoms with Gasteiger partial charge in [0.05, 0.1) is 6.04 Å². The number of carboxylic acid groups (broad SMARTS) is 1. The SMILES string of the molecule is NC(C(=O)O)C(N)c1cccs1. The lowest BCUT2D eigenvalue weighted by Gasteiger charge is -2.13. The first-order valence-corrected chi connectivity index (χ1v) is 4.28. The monoisotopic (exact) mass is 186 g/mol. The average molecular weight is 186 g/mol. The Labute approximate surface area is 73.8 Å². The molecule has 5 heteroatoms. The van der Waals surface area contributed by atoms with E-state index >= 15 is 0 Å². The minimum atomic E-state index is -1.07. The van der Waals surface area contributed by atoms with E-state index in [0.717, 1.165) is 4.88 Å². The van der Waals surface area contributed by atoms with E-state index in [4.69, 9.17) is 16.6 Å². The van der Waals surface area contributed by atoms with Gasteiger partial charge in [-0.2, -0.15) is 0 Å². The van der Waals surface area contributed by atoms with Crippen LogP contribution in [-0.2, 0) is 4.79 Å². The van der Waals surface area contributed by atoms with E-state index in [1.54, 1.807) is 6.07 Å². The molecular formula is C7H10N2O2S. The number of hydrogen-bond donors (Lipinski definition) is 3. The lowest BCUT2D eigenvalue weighted by Crippen LogP contribution is -2.40. The molecule has 0 saturated heterocycles. The van der Waals surface area contributed by atoms with Crippen LogP contribution < -0.4 is 11.5 Å². The molecule has 1 aromatic rings. The Morgan fingerprint density at radius 1 is 1.58 bits per heavy atom. The Bertz CT molecular complexity index is 260. The molecule has 5 N–H and O–H groups in total. The van der Waals surface area contributed by atoms with Gasteiger partial charge in [0.2, 0.25) is 0 Å². The highest BCUT2D eigenvalue weighted by Gasteiger charge is 2.22. The molecule has 0 aliphatic carbocycles. The van der Waals surface area contributed by atoms with Crippen LogP contribution in [0.2, 0.25) is 0 Å². The molecule has 0 radical (unpaired) electrons. The van der Waals surface area contributed by atoms with E-state index < -0.39 is 18.1 Å². The third-order valence-electron chi connectivity index (χ3n) is 1.54. The number of thiophene rings is 1. The first kappa shape index (κ1) is 9.18. The Kier molecular flexibility index (Phi) is 2.80. The number of hydrogen-bond acceptors (Lipinski definition) is 4. The van der Waals surface area contributed by atoms with Crippen LogP contribution in [0.4, 0.5) is 0 Å². The summed E-state index contributed by atoms with van der Waals surface area (Å²) in [6.07, 6.45) is 0. The van der Waals surface area contributed by atoms with Crippen molar-refractivity contribution in [1.29, 1.82) is 0 Å². The normalized spacial score (nSPS) is 15.5. The van der Waals surface area contributed by atoms with Crippen molar-refractivity contribution in [3.05, 3.63) is 22.4 Å². The summed E-state index contributed by atoms with van der Waals surface area (Å²) in [7, 11) is 0. The van der Waals surface area contributed by atoms with E-state index in [1.165, 1.54) is 11.3 Å². The maximum atomic E-state index is 10.4. The Hall–Kier alpha value is -0.910. The molecule has 0 bridgehead atoms. The van der Waals surface area contributed by atoms with Gasteiger partial charge in [0.1, 0.15) is 6.04 Å². The summed E-state index contributed by atoms with van der Waals surface area (Å²) in [6.45, 7) is 0. The number of rotatable bonds is 3. The summed E-state index contributed by atoms with van der Waals surface area (Å²) in [5.74, 6) is -1.07. The first-order chi connectivity index (χ1) is 5.63. The van der Waals surface area contributed by atoms with Crippen molar-refractivity contribution in [2.45, 2.75) is 12.1 Å². The van der Waals surface area contributed by atoms with Crippen LogP contribution in [0.25, 0.3) is 0 Å². The van der Waals surface area contributed by atoms with Gasteiger partial charge in [-0.15, -0.1) is 11.3 Å². The third-order valence-corrected chi connectivity index (χ3v) is 2.52. The summed E-state index contributed by atoms with van der Waals surface area (Å²) >= 11 is 1.41. The van der Waals surface area contributed by atoms with E-state index in [0.29, 0.717) is 0 Å².